The van der Waals surface area contributed by atoms with E-state index in [9.17, 15) is 31.4 Å². The van der Waals surface area contributed by atoms with Crippen molar-refractivity contribution in [3.8, 4) is 11.6 Å². The van der Waals surface area contributed by atoms with Gasteiger partial charge in [-0.25, -0.2) is 4.98 Å². The number of aromatic nitrogens is 3. The summed E-state index contributed by atoms with van der Waals surface area (Å²) < 4.78 is 87.7. The van der Waals surface area contributed by atoms with Crippen molar-refractivity contribution in [3.63, 3.8) is 0 Å². The molecule has 0 spiro atoms. The Morgan fingerprint density at radius 1 is 1.03 bits per heavy atom. The van der Waals surface area contributed by atoms with Crippen LogP contribution in [0.3, 0.4) is 0 Å². The smallest absolute Gasteiger partial charge is 0.416 e. The van der Waals surface area contributed by atoms with Crippen molar-refractivity contribution >= 4 is 11.5 Å². The Morgan fingerprint density at radius 3 is 2.42 bits per heavy atom. The molecule has 7 nitrogen and oxygen atoms in total. The average Bonchev–Trinajstić information content (AvgIpc) is 3.38. The van der Waals surface area contributed by atoms with Crippen LogP contribution in [-0.2, 0) is 11.8 Å². The number of pyridine rings is 1. The van der Waals surface area contributed by atoms with Crippen molar-refractivity contribution in [2.45, 2.75) is 75.4 Å². The third-order valence-corrected chi connectivity index (χ3v) is 6.26. The third kappa shape index (κ3) is 4.34. The molecule has 4 heterocycles. The first kappa shape index (κ1) is 23.6. The zero-order valence-corrected chi connectivity index (χ0v) is 17.5. The highest BCUT2D eigenvalue weighted by molar-refractivity contribution is 5.71. The van der Waals surface area contributed by atoms with Gasteiger partial charge in [0.2, 0.25) is 5.60 Å². The van der Waals surface area contributed by atoms with Gasteiger partial charge in [-0.3, -0.25) is 0 Å². The lowest BCUT2D eigenvalue weighted by Gasteiger charge is -2.29. The van der Waals surface area contributed by atoms with Crippen molar-refractivity contribution in [2.75, 3.05) is 17.2 Å². The van der Waals surface area contributed by atoms with Gasteiger partial charge in [0.1, 0.15) is 11.4 Å². The molecule has 0 amide bonds. The van der Waals surface area contributed by atoms with Crippen LogP contribution in [-0.4, -0.2) is 39.1 Å². The fourth-order valence-electron chi connectivity index (χ4n) is 4.50. The van der Waals surface area contributed by atoms with Crippen molar-refractivity contribution in [3.05, 3.63) is 17.5 Å². The summed E-state index contributed by atoms with van der Waals surface area (Å²) in [5, 5.41) is 17.3. The van der Waals surface area contributed by atoms with Crippen LogP contribution in [0.1, 0.15) is 62.8 Å². The maximum absolute atomic E-state index is 13.8. The van der Waals surface area contributed by atoms with Crippen LogP contribution in [0, 0.1) is 0 Å². The first-order chi connectivity index (χ1) is 15.4. The van der Waals surface area contributed by atoms with E-state index < -0.39 is 47.4 Å². The van der Waals surface area contributed by atoms with E-state index in [-0.39, 0.29) is 24.0 Å². The second-order valence-electron chi connectivity index (χ2n) is 8.51. The van der Waals surface area contributed by atoms with Gasteiger partial charge < -0.3 is 20.2 Å². The molecule has 2 atom stereocenters. The number of fused-ring (bicyclic) bond motifs is 7. The Bertz CT molecular complexity index is 1010. The molecule has 182 valence electrons. The molecule has 13 heteroatoms. The average molecular weight is 479 g/mol. The molecule has 0 saturated carbocycles. The maximum Gasteiger partial charge on any atom is 0.426 e. The summed E-state index contributed by atoms with van der Waals surface area (Å²) in [6.07, 6.45) is -6.95. The minimum atomic E-state index is -5.10. The van der Waals surface area contributed by atoms with E-state index in [1.165, 1.54) is 0 Å². The standard InChI is InChI=1S/C20H23F6N5O2/c21-19(22,23)12-10-13(27)14-16-29-30-17(33-16)18(32,20(24,25)26)8-4-2-1-3-6-11-7-5-9-31(11)15(12)28-14/h10-11,32H,1-9,27H2/t11-,18+/m0/s1. The summed E-state index contributed by atoms with van der Waals surface area (Å²) in [4.78, 5) is 5.65. The van der Waals surface area contributed by atoms with Gasteiger partial charge in [-0.1, -0.05) is 19.3 Å². The minimum absolute atomic E-state index is 0.0501. The summed E-state index contributed by atoms with van der Waals surface area (Å²) in [5.74, 6) is -2.05. The lowest BCUT2D eigenvalue weighted by Crippen LogP contribution is -2.42. The molecule has 2 aromatic rings. The highest BCUT2D eigenvalue weighted by Crippen LogP contribution is 2.45. The molecule has 3 N–H and O–H groups in total. The first-order valence-corrected chi connectivity index (χ1v) is 10.7. The molecule has 4 bridgehead atoms. The van der Waals surface area contributed by atoms with Crippen molar-refractivity contribution in [2.24, 2.45) is 0 Å². The van der Waals surface area contributed by atoms with Crippen LogP contribution in [0.5, 0.6) is 0 Å². The van der Waals surface area contributed by atoms with Crippen LogP contribution >= 0.6 is 0 Å². The summed E-state index contributed by atoms with van der Waals surface area (Å²) in [6, 6.07) is 0.496. The molecule has 0 aromatic carbocycles. The van der Waals surface area contributed by atoms with Crippen LogP contribution in [0.15, 0.2) is 10.5 Å². The summed E-state index contributed by atoms with van der Waals surface area (Å²) in [7, 11) is 0. The van der Waals surface area contributed by atoms with Gasteiger partial charge >= 0.3 is 12.4 Å². The van der Waals surface area contributed by atoms with E-state index in [0.717, 1.165) is 0 Å². The number of halogens is 6. The Morgan fingerprint density at radius 2 is 1.73 bits per heavy atom. The first-order valence-electron chi connectivity index (χ1n) is 10.7. The number of hydrogen-bond donors (Lipinski definition) is 2. The molecular weight excluding hydrogens is 456 g/mol. The zero-order chi connectivity index (χ0) is 24.0. The number of nitrogen functional groups attached to an aromatic ring is 1. The predicted molar refractivity (Wildman–Crippen MR) is 105 cm³/mol. The van der Waals surface area contributed by atoms with Crippen LogP contribution in [0.4, 0.5) is 37.8 Å². The summed E-state index contributed by atoms with van der Waals surface area (Å²) >= 11 is 0. The SMILES string of the molecule is Nc1cc(C(F)(F)F)c2nc1-c1nnc(o1)[C@@](O)(C(F)(F)F)CCCCCC[C@H]1CCCN21. The van der Waals surface area contributed by atoms with Crippen LogP contribution in [0.25, 0.3) is 11.6 Å². The molecule has 2 aliphatic heterocycles. The molecule has 2 aromatic heterocycles. The quantitative estimate of drug-likeness (QED) is 0.523. The molecule has 2 aliphatic rings. The van der Waals surface area contributed by atoms with E-state index >= 15 is 0 Å². The zero-order valence-electron chi connectivity index (χ0n) is 17.5. The number of nitrogens with two attached hydrogens (primary N) is 1. The van der Waals surface area contributed by atoms with E-state index in [4.69, 9.17) is 10.2 Å². The van der Waals surface area contributed by atoms with E-state index in [2.05, 4.69) is 15.2 Å². The number of nitrogens with zero attached hydrogens (tertiary/aromatic N) is 4. The molecule has 0 unspecified atom stereocenters. The van der Waals surface area contributed by atoms with Crippen LogP contribution < -0.4 is 10.6 Å². The van der Waals surface area contributed by atoms with Gasteiger partial charge in [-0.2, -0.15) is 26.3 Å². The molecule has 33 heavy (non-hydrogen) atoms. The number of rotatable bonds is 0. The highest BCUT2D eigenvalue weighted by Gasteiger charge is 2.58. The molecule has 1 saturated heterocycles. The van der Waals surface area contributed by atoms with Crippen LogP contribution in [0.2, 0.25) is 0 Å². The van der Waals surface area contributed by atoms with Crippen molar-refractivity contribution in [1.82, 2.24) is 15.2 Å². The molecule has 1 fully saturated rings. The molecule has 0 radical (unpaired) electrons. The molecular formula is C20H23F6N5O2. The van der Waals surface area contributed by atoms with Gasteiger partial charge in [0, 0.05) is 12.6 Å². The summed E-state index contributed by atoms with van der Waals surface area (Å²) in [5.41, 5.74) is 0.533. The van der Waals surface area contributed by atoms with E-state index in [1.807, 2.05) is 0 Å². The normalized spacial score (nSPS) is 24.8. The fourth-order valence-corrected chi connectivity index (χ4v) is 4.50. The predicted octanol–water partition coefficient (Wildman–Crippen LogP) is 4.81. The Kier molecular flexibility index (Phi) is 5.95. The molecule has 4 rings (SSSR count). The van der Waals surface area contributed by atoms with Gasteiger partial charge in [-0.15, -0.1) is 10.2 Å². The molecule has 0 aliphatic carbocycles. The number of alkyl halides is 6. The van der Waals surface area contributed by atoms with Crippen molar-refractivity contribution in [1.29, 1.82) is 0 Å². The van der Waals surface area contributed by atoms with Gasteiger partial charge in [0.05, 0.1) is 5.69 Å². The Labute approximate surface area is 185 Å². The van der Waals surface area contributed by atoms with Gasteiger partial charge in [-0.05, 0) is 38.2 Å². The lowest BCUT2D eigenvalue weighted by atomic mass is 9.94. The van der Waals surface area contributed by atoms with E-state index in [0.29, 0.717) is 51.1 Å². The van der Waals surface area contributed by atoms with Gasteiger partial charge in [0.15, 0.2) is 5.69 Å². The fraction of sp³-hybridized carbons (Fsp3) is 0.650. The second kappa shape index (κ2) is 8.33. The summed E-state index contributed by atoms with van der Waals surface area (Å²) in [6.45, 7) is 0.354. The van der Waals surface area contributed by atoms with Crippen molar-refractivity contribution < 1.29 is 35.9 Å². The topological polar surface area (TPSA) is 101 Å². The number of anilines is 2. The maximum atomic E-state index is 13.8. The lowest BCUT2D eigenvalue weighted by molar-refractivity contribution is -0.277. The minimum Gasteiger partial charge on any atom is -0.416 e. The van der Waals surface area contributed by atoms with E-state index in [1.54, 1.807) is 4.90 Å². The second-order valence-corrected chi connectivity index (χ2v) is 8.51. The Balaban J connectivity index is 1.88. The third-order valence-electron chi connectivity index (χ3n) is 6.26. The monoisotopic (exact) mass is 479 g/mol. The largest absolute Gasteiger partial charge is 0.426 e. The highest BCUT2D eigenvalue weighted by atomic mass is 19.4. The number of aliphatic hydroxyl groups is 1. The Hall–Kier alpha value is -2.57. The van der Waals surface area contributed by atoms with Gasteiger partial charge in [0.25, 0.3) is 11.8 Å². The number of hydrogen-bond acceptors (Lipinski definition) is 7.